The fourth-order valence-electron chi connectivity index (χ4n) is 3.09. The van der Waals surface area contributed by atoms with Crippen LogP contribution in [0.2, 0.25) is 0 Å². The number of nitrogens with one attached hydrogen (secondary N) is 2. The molecule has 0 aliphatic carbocycles. The molecule has 0 saturated heterocycles. The van der Waals surface area contributed by atoms with Crippen LogP contribution in [0.5, 0.6) is 0 Å². The van der Waals surface area contributed by atoms with Crippen molar-refractivity contribution < 1.29 is 4.79 Å². The quantitative estimate of drug-likeness (QED) is 0.639. The Labute approximate surface area is 170 Å². The van der Waals surface area contributed by atoms with Gasteiger partial charge in [0.2, 0.25) is 0 Å². The van der Waals surface area contributed by atoms with Gasteiger partial charge in [0, 0.05) is 11.8 Å². The summed E-state index contributed by atoms with van der Waals surface area (Å²) in [6, 6.07) is 16.7. The molecule has 6 nitrogen and oxygen atoms in total. The first-order valence-corrected chi connectivity index (χ1v) is 9.41. The third-order valence-electron chi connectivity index (χ3n) is 4.55. The van der Waals surface area contributed by atoms with Gasteiger partial charge in [0.05, 0.1) is 11.3 Å². The van der Waals surface area contributed by atoms with E-state index in [1.807, 2.05) is 19.1 Å². The van der Waals surface area contributed by atoms with Crippen molar-refractivity contribution in [1.29, 1.82) is 5.26 Å². The van der Waals surface area contributed by atoms with Crippen molar-refractivity contribution in [2.75, 3.05) is 10.6 Å². The van der Waals surface area contributed by atoms with Gasteiger partial charge in [-0.25, -0.2) is 9.97 Å². The van der Waals surface area contributed by atoms with E-state index in [1.54, 1.807) is 37.3 Å². The minimum Gasteiger partial charge on any atom is -0.340 e. The number of amides is 1. The minimum absolute atomic E-state index is 0.229. The summed E-state index contributed by atoms with van der Waals surface area (Å²) in [7, 11) is 0. The van der Waals surface area contributed by atoms with Gasteiger partial charge >= 0.3 is 0 Å². The molecule has 0 saturated carbocycles. The molecule has 29 heavy (non-hydrogen) atoms. The van der Waals surface area contributed by atoms with Crippen molar-refractivity contribution in [3.8, 4) is 6.07 Å². The first-order valence-electron chi connectivity index (χ1n) is 9.41. The van der Waals surface area contributed by atoms with Crippen molar-refractivity contribution in [2.45, 2.75) is 33.6 Å². The maximum Gasteiger partial charge on any atom is 0.274 e. The molecular formula is C23H23N5O. The molecule has 0 spiro atoms. The molecule has 0 fully saturated rings. The summed E-state index contributed by atoms with van der Waals surface area (Å²) in [6.07, 6.45) is 0. The van der Waals surface area contributed by atoms with E-state index in [4.69, 9.17) is 0 Å². The van der Waals surface area contributed by atoms with Crippen LogP contribution < -0.4 is 10.6 Å². The van der Waals surface area contributed by atoms with E-state index in [1.165, 1.54) is 5.56 Å². The zero-order valence-electron chi connectivity index (χ0n) is 16.9. The van der Waals surface area contributed by atoms with Crippen LogP contribution in [0.4, 0.5) is 17.2 Å². The normalized spacial score (nSPS) is 10.5. The lowest BCUT2D eigenvalue weighted by atomic mass is 9.98. The second-order valence-electron chi connectivity index (χ2n) is 7.12. The van der Waals surface area contributed by atoms with E-state index in [0.717, 1.165) is 11.3 Å². The predicted molar refractivity (Wildman–Crippen MR) is 114 cm³/mol. The summed E-state index contributed by atoms with van der Waals surface area (Å²) < 4.78 is 0. The van der Waals surface area contributed by atoms with Gasteiger partial charge in [0.15, 0.2) is 0 Å². The van der Waals surface area contributed by atoms with Crippen LogP contribution in [0.25, 0.3) is 0 Å². The Morgan fingerprint density at radius 3 is 2.55 bits per heavy atom. The molecule has 1 amide bonds. The highest BCUT2D eigenvalue weighted by Gasteiger charge is 2.15. The fourth-order valence-corrected chi connectivity index (χ4v) is 3.09. The van der Waals surface area contributed by atoms with E-state index < -0.39 is 5.91 Å². The standard InChI is InChI=1S/C23H23N5O/c1-14(2)18-10-7-8-15(3)22(18)28-21-12-20(25-16(4)26-21)23(29)27-19-11-6-5-9-17(19)13-24/h5-12,14H,1-4H3,(H,27,29)(H,25,26,28). The van der Waals surface area contributed by atoms with Crippen LogP contribution >= 0.6 is 0 Å². The maximum absolute atomic E-state index is 12.7. The fraction of sp³-hybridized carbons (Fsp3) is 0.217. The lowest BCUT2D eigenvalue weighted by Gasteiger charge is -2.17. The SMILES string of the molecule is Cc1nc(Nc2c(C)cccc2C(C)C)cc(C(=O)Nc2ccccc2C#N)n1. The Morgan fingerprint density at radius 2 is 1.83 bits per heavy atom. The summed E-state index contributed by atoms with van der Waals surface area (Å²) in [4.78, 5) is 21.4. The molecule has 2 aromatic carbocycles. The van der Waals surface area contributed by atoms with E-state index in [-0.39, 0.29) is 5.69 Å². The summed E-state index contributed by atoms with van der Waals surface area (Å²) in [5.41, 5.74) is 4.34. The Balaban J connectivity index is 1.92. The number of aromatic nitrogens is 2. The summed E-state index contributed by atoms with van der Waals surface area (Å²) in [6.45, 7) is 8.05. The molecule has 3 aromatic rings. The number of nitriles is 1. The zero-order valence-corrected chi connectivity index (χ0v) is 16.9. The van der Waals surface area contributed by atoms with E-state index in [2.05, 4.69) is 46.6 Å². The van der Waals surface area contributed by atoms with Gasteiger partial charge in [-0.15, -0.1) is 0 Å². The van der Waals surface area contributed by atoms with Crippen molar-refractivity contribution in [1.82, 2.24) is 9.97 Å². The largest absolute Gasteiger partial charge is 0.340 e. The first-order chi connectivity index (χ1) is 13.9. The molecule has 146 valence electrons. The lowest BCUT2D eigenvalue weighted by Crippen LogP contribution is -2.16. The molecule has 0 bridgehead atoms. The molecule has 1 aromatic heterocycles. The van der Waals surface area contributed by atoms with Gasteiger partial charge in [-0.2, -0.15) is 5.26 Å². The van der Waals surface area contributed by atoms with Crippen molar-refractivity contribution in [3.63, 3.8) is 0 Å². The highest BCUT2D eigenvalue weighted by Crippen LogP contribution is 2.30. The van der Waals surface area contributed by atoms with Crippen LogP contribution in [0.15, 0.2) is 48.5 Å². The summed E-state index contributed by atoms with van der Waals surface area (Å²) >= 11 is 0. The molecule has 0 atom stereocenters. The predicted octanol–water partition coefficient (Wildman–Crippen LogP) is 5.08. The maximum atomic E-state index is 12.7. The molecule has 0 unspecified atom stereocenters. The summed E-state index contributed by atoms with van der Waals surface area (Å²) in [5, 5.41) is 15.3. The second-order valence-corrected chi connectivity index (χ2v) is 7.12. The van der Waals surface area contributed by atoms with Crippen LogP contribution in [0, 0.1) is 25.2 Å². The Kier molecular flexibility index (Phi) is 5.89. The molecule has 1 heterocycles. The van der Waals surface area contributed by atoms with Crippen molar-refractivity contribution in [2.24, 2.45) is 0 Å². The molecule has 0 radical (unpaired) electrons. The molecule has 3 rings (SSSR count). The molecule has 6 heteroatoms. The molecule has 0 aliphatic rings. The van der Waals surface area contributed by atoms with Crippen LogP contribution in [0.1, 0.15) is 52.8 Å². The van der Waals surface area contributed by atoms with Gasteiger partial charge in [-0.05, 0) is 43.0 Å². The highest BCUT2D eigenvalue weighted by molar-refractivity contribution is 6.04. The van der Waals surface area contributed by atoms with E-state index in [0.29, 0.717) is 28.8 Å². The highest BCUT2D eigenvalue weighted by atomic mass is 16.1. The smallest absolute Gasteiger partial charge is 0.274 e. The average molecular weight is 385 g/mol. The number of aryl methyl sites for hydroxylation is 2. The van der Waals surface area contributed by atoms with Crippen LogP contribution in [-0.2, 0) is 0 Å². The number of carbonyl (C=O) groups is 1. The van der Waals surface area contributed by atoms with Gasteiger partial charge < -0.3 is 10.6 Å². The topological polar surface area (TPSA) is 90.7 Å². The van der Waals surface area contributed by atoms with Gasteiger partial charge in [-0.3, -0.25) is 4.79 Å². The zero-order chi connectivity index (χ0) is 21.0. The van der Waals surface area contributed by atoms with E-state index in [9.17, 15) is 10.1 Å². The minimum atomic E-state index is -0.393. The van der Waals surface area contributed by atoms with Crippen LogP contribution in [-0.4, -0.2) is 15.9 Å². The number of hydrogen-bond acceptors (Lipinski definition) is 5. The number of benzene rings is 2. The van der Waals surface area contributed by atoms with Crippen molar-refractivity contribution >= 4 is 23.1 Å². The number of nitrogens with zero attached hydrogens (tertiary/aromatic N) is 3. The average Bonchev–Trinajstić information content (AvgIpc) is 2.69. The molecule has 0 aliphatic heterocycles. The number of rotatable bonds is 5. The monoisotopic (exact) mass is 385 g/mol. The lowest BCUT2D eigenvalue weighted by molar-refractivity contribution is 0.102. The third kappa shape index (κ3) is 4.58. The van der Waals surface area contributed by atoms with E-state index >= 15 is 0 Å². The Morgan fingerprint density at radius 1 is 1.07 bits per heavy atom. The van der Waals surface area contributed by atoms with Gasteiger partial charge in [0.1, 0.15) is 23.4 Å². The van der Waals surface area contributed by atoms with Crippen molar-refractivity contribution in [3.05, 3.63) is 76.7 Å². The molecular weight excluding hydrogens is 362 g/mol. The number of carbonyl (C=O) groups excluding carboxylic acids is 1. The summed E-state index contributed by atoms with van der Waals surface area (Å²) in [5.74, 6) is 0.974. The number of hydrogen-bond donors (Lipinski definition) is 2. The van der Waals surface area contributed by atoms with Gasteiger partial charge in [-0.1, -0.05) is 44.2 Å². The van der Waals surface area contributed by atoms with Crippen LogP contribution in [0.3, 0.4) is 0 Å². The van der Waals surface area contributed by atoms with Gasteiger partial charge in [0.25, 0.3) is 5.91 Å². The Hall–Kier alpha value is -3.72. The third-order valence-corrected chi connectivity index (χ3v) is 4.55. The second kappa shape index (κ2) is 8.53. The Bertz CT molecular complexity index is 1100. The first kappa shape index (κ1) is 20.0. The number of anilines is 3. The molecule has 2 N–H and O–H groups in total. The number of para-hydroxylation sites is 2.